The molecule has 4 rings (SSSR count). The molecule has 0 aliphatic carbocycles. The van der Waals surface area contributed by atoms with Crippen molar-refractivity contribution in [2.24, 2.45) is 0 Å². The van der Waals surface area contributed by atoms with Crippen molar-refractivity contribution in [2.75, 3.05) is 50.4 Å². The molecule has 2 saturated heterocycles. The van der Waals surface area contributed by atoms with E-state index in [1.807, 2.05) is 30.3 Å². The van der Waals surface area contributed by atoms with Crippen LogP contribution in [0, 0.1) is 0 Å². The summed E-state index contributed by atoms with van der Waals surface area (Å²) in [5.41, 5.74) is 0. The number of rotatable bonds is 12. The van der Waals surface area contributed by atoms with Gasteiger partial charge in [-0.3, -0.25) is 0 Å². The molecule has 0 spiro atoms. The molecular weight excluding hydrogens is 772 g/mol. The van der Waals surface area contributed by atoms with Crippen molar-refractivity contribution < 1.29 is 18.9 Å². The Kier molecular flexibility index (Phi) is 14.4. The Morgan fingerprint density at radius 2 is 1.12 bits per heavy atom. The van der Waals surface area contributed by atoms with Gasteiger partial charge in [-0.1, -0.05) is 0 Å². The molecule has 0 aromatic carbocycles. The van der Waals surface area contributed by atoms with Crippen LogP contribution in [0.3, 0.4) is 0 Å². The van der Waals surface area contributed by atoms with E-state index < -0.39 is 0 Å². The summed E-state index contributed by atoms with van der Waals surface area (Å²) in [6.45, 7) is 3.33. The summed E-state index contributed by atoms with van der Waals surface area (Å²) in [5, 5.41) is 0. The van der Waals surface area contributed by atoms with Crippen LogP contribution in [0.1, 0.15) is 38.5 Å². The van der Waals surface area contributed by atoms with Gasteiger partial charge in [-0.2, -0.15) is 0 Å². The van der Waals surface area contributed by atoms with Crippen molar-refractivity contribution in [3.8, 4) is 0 Å². The Labute approximate surface area is 246 Å². The minimum absolute atomic E-state index is 0.0378. The predicted molar refractivity (Wildman–Crippen MR) is 155 cm³/mol. The molecule has 4 heterocycles. The molecule has 2 atom stereocenters. The van der Waals surface area contributed by atoms with Gasteiger partial charge in [-0.15, -0.1) is 0 Å². The normalized spacial score (nSPS) is 28.4. The van der Waals surface area contributed by atoms with Crippen LogP contribution >= 0.6 is 47.0 Å². The molecule has 12 heteroatoms. The topological polar surface area (TPSA) is 36.9 Å². The average Bonchev–Trinajstić information content (AvgIpc) is 3.49. The Bertz CT molecular complexity index is 706. The van der Waals surface area contributed by atoms with Gasteiger partial charge in [0.15, 0.2) is 0 Å². The second kappa shape index (κ2) is 16.6. The van der Waals surface area contributed by atoms with E-state index in [1.165, 1.54) is 25.7 Å². The fourth-order valence-electron chi connectivity index (χ4n) is 3.45. The quantitative estimate of drug-likeness (QED) is 0.212. The van der Waals surface area contributed by atoms with Gasteiger partial charge in [0.2, 0.25) is 0 Å². The van der Waals surface area contributed by atoms with Crippen molar-refractivity contribution >= 4 is 107 Å². The molecule has 34 heavy (non-hydrogen) atoms. The third-order valence-corrected chi connectivity index (χ3v) is 28.8. The number of hydrogen-bond donors (Lipinski definition) is 0. The summed E-state index contributed by atoms with van der Waals surface area (Å²) in [6, 6.07) is 0. The predicted octanol–water partition coefficient (Wildman–Crippen LogP) is 4.49. The summed E-state index contributed by atoms with van der Waals surface area (Å²) in [5.74, 6) is 2.10. The summed E-state index contributed by atoms with van der Waals surface area (Å²) in [6.07, 6.45) is 11.6. The Morgan fingerprint density at radius 3 is 1.50 bits per heavy atom. The molecule has 0 radical (unpaired) electrons. The standard InChI is InChI=1S/C22H32O4S4Se4/c1-27-17-19(29-13-11-25-15-7-3-5-9-23-15)33-21(31-17)22-32-18(28-2)20(34-22)30-14-12-26-16-8-4-6-10-24-16/h15-16H,3-14H2,1-2H3/b22-21+. The van der Waals surface area contributed by atoms with E-state index in [0.717, 1.165) is 50.8 Å². The van der Waals surface area contributed by atoms with Gasteiger partial charge in [0.05, 0.1) is 0 Å². The van der Waals surface area contributed by atoms with Gasteiger partial charge in [0.1, 0.15) is 0 Å². The van der Waals surface area contributed by atoms with Crippen LogP contribution in [0.5, 0.6) is 0 Å². The van der Waals surface area contributed by atoms with Crippen molar-refractivity contribution in [3.05, 3.63) is 22.0 Å². The molecule has 0 amide bonds. The SMILES string of the molecule is CSC1=C(SCCOC2CCCCO2)[Se]/C(=C2\[Se]C(SC)=C(SCCOC3CCCCO3)[Se]2)[Se]1. The Morgan fingerprint density at radius 1 is 0.676 bits per heavy atom. The monoisotopic (exact) mass is 808 g/mol. The second-order valence-electron chi connectivity index (χ2n) is 7.57. The van der Waals surface area contributed by atoms with Gasteiger partial charge in [-0.25, -0.2) is 0 Å². The van der Waals surface area contributed by atoms with Crippen molar-refractivity contribution in [3.63, 3.8) is 0 Å². The second-order valence-corrected chi connectivity index (χ2v) is 24.9. The van der Waals surface area contributed by atoms with Gasteiger partial charge in [0.25, 0.3) is 0 Å². The molecule has 2 unspecified atom stereocenters. The van der Waals surface area contributed by atoms with E-state index in [0.29, 0.717) is 59.8 Å². The first kappa shape index (κ1) is 29.5. The maximum atomic E-state index is 5.97. The van der Waals surface area contributed by atoms with Gasteiger partial charge < -0.3 is 0 Å². The van der Waals surface area contributed by atoms with E-state index in [1.54, 1.807) is 15.2 Å². The van der Waals surface area contributed by atoms with Crippen LogP contribution in [0.25, 0.3) is 0 Å². The van der Waals surface area contributed by atoms with Crippen LogP contribution in [0.2, 0.25) is 0 Å². The third-order valence-electron chi connectivity index (χ3n) is 5.13. The molecule has 4 nitrogen and oxygen atoms in total. The first-order chi connectivity index (χ1) is 16.8. The molecule has 0 aromatic heterocycles. The Hall–Kier alpha value is 2.54. The van der Waals surface area contributed by atoms with Crippen LogP contribution in [0.4, 0.5) is 0 Å². The summed E-state index contributed by atoms with van der Waals surface area (Å²) in [7, 11) is 0. The Balaban J connectivity index is 1.21. The molecule has 2 fully saturated rings. The van der Waals surface area contributed by atoms with Crippen LogP contribution in [0.15, 0.2) is 22.0 Å². The van der Waals surface area contributed by atoms with E-state index in [4.69, 9.17) is 18.9 Å². The van der Waals surface area contributed by atoms with Crippen molar-refractivity contribution in [1.29, 1.82) is 0 Å². The molecule has 4 aliphatic rings. The zero-order chi connectivity index (χ0) is 23.6. The van der Waals surface area contributed by atoms with E-state index >= 15 is 0 Å². The summed E-state index contributed by atoms with van der Waals surface area (Å²) >= 11 is 10.3. The zero-order valence-corrected chi connectivity index (χ0v) is 29.7. The van der Waals surface area contributed by atoms with E-state index in [2.05, 4.69) is 36.0 Å². The summed E-state index contributed by atoms with van der Waals surface area (Å²) < 4.78 is 33.7. The molecule has 192 valence electrons. The number of ether oxygens (including phenoxy) is 4. The van der Waals surface area contributed by atoms with Crippen LogP contribution < -0.4 is 0 Å². The molecule has 0 saturated carbocycles. The first-order valence-electron chi connectivity index (χ1n) is 11.5. The third kappa shape index (κ3) is 9.33. The molecule has 4 aliphatic heterocycles. The molecule has 0 N–H and O–H groups in total. The fraction of sp³-hybridized carbons (Fsp3) is 0.727. The number of hydrogen-bond acceptors (Lipinski definition) is 8. The van der Waals surface area contributed by atoms with Crippen LogP contribution in [-0.2, 0) is 18.9 Å². The van der Waals surface area contributed by atoms with Crippen molar-refractivity contribution in [2.45, 2.75) is 51.1 Å². The molecule has 0 aromatic rings. The molecular formula is C22H32O4S4Se4. The van der Waals surface area contributed by atoms with E-state index in [9.17, 15) is 0 Å². The fourth-order valence-corrected chi connectivity index (χ4v) is 28.6. The summed E-state index contributed by atoms with van der Waals surface area (Å²) in [4.78, 5) is 0. The number of thioether (sulfide) groups is 4. The van der Waals surface area contributed by atoms with Crippen molar-refractivity contribution in [1.82, 2.24) is 0 Å². The van der Waals surface area contributed by atoms with Gasteiger partial charge in [0, 0.05) is 0 Å². The van der Waals surface area contributed by atoms with Gasteiger partial charge in [-0.05, 0) is 0 Å². The maximum absolute atomic E-state index is 5.97. The molecule has 0 bridgehead atoms. The minimum atomic E-state index is 0.0378. The first-order valence-corrected chi connectivity index (χ1v) is 22.8. The zero-order valence-electron chi connectivity index (χ0n) is 19.5. The average molecular weight is 805 g/mol. The van der Waals surface area contributed by atoms with Crippen LogP contribution in [-0.4, -0.2) is 123 Å². The van der Waals surface area contributed by atoms with Gasteiger partial charge >= 0.3 is 249 Å². The van der Waals surface area contributed by atoms with E-state index in [-0.39, 0.29) is 12.6 Å².